The lowest BCUT2D eigenvalue weighted by Crippen LogP contribution is -2.46. The number of piperidine rings is 1. The zero-order valence-electron chi connectivity index (χ0n) is 13.8. The van der Waals surface area contributed by atoms with Gasteiger partial charge in [-0.3, -0.25) is 18.7 Å². The van der Waals surface area contributed by atoms with Crippen molar-refractivity contribution >= 4 is 27.3 Å². The Morgan fingerprint density at radius 3 is 3.00 bits per heavy atom. The lowest BCUT2D eigenvalue weighted by atomic mass is 9.97. The van der Waals surface area contributed by atoms with Crippen LogP contribution in [-0.4, -0.2) is 47.9 Å². The number of hydrogen-bond acceptors (Lipinski definition) is 6. The van der Waals surface area contributed by atoms with Crippen LogP contribution in [0.15, 0.2) is 16.2 Å². The summed E-state index contributed by atoms with van der Waals surface area (Å²) < 4.78 is 4.25. The monoisotopic (exact) mass is 347 g/mol. The van der Waals surface area contributed by atoms with E-state index in [1.54, 1.807) is 11.6 Å². The van der Waals surface area contributed by atoms with Crippen LogP contribution in [0.1, 0.15) is 32.0 Å². The van der Waals surface area contributed by atoms with Gasteiger partial charge >= 0.3 is 0 Å². The van der Waals surface area contributed by atoms with Crippen molar-refractivity contribution in [1.82, 2.24) is 24.1 Å². The highest BCUT2D eigenvalue weighted by Gasteiger charge is 2.29. The van der Waals surface area contributed by atoms with Crippen LogP contribution >= 0.6 is 11.3 Å². The molecule has 1 N–H and O–H groups in total. The third-order valence-electron chi connectivity index (χ3n) is 5.13. The fraction of sp³-hybridized carbons (Fsp3) is 0.562. The summed E-state index contributed by atoms with van der Waals surface area (Å²) in [4.78, 5) is 14.7. The molecule has 1 saturated heterocycles. The van der Waals surface area contributed by atoms with Gasteiger partial charge in [-0.15, -0.1) is 21.5 Å². The molecule has 0 amide bonds. The van der Waals surface area contributed by atoms with Gasteiger partial charge in [-0.2, -0.15) is 0 Å². The quantitative estimate of drug-likeness (QED) is 0.775. The van der Waals surface area contributed by atoms with Crippen LogP contribution in [0, 0.1) is 0 Å². The number of fused-ring (bicyclic) bond motifs is 3. The smallest absolute Gasteiger partial charge is 0.272 e. The van der Waals surface area contributed by atoms with E-state index in [-0.39, 0.29) is 18.2 Å². The van der Waals surface area contributed by atoms with E-state index in [0.717, 1.165) is 35.3 Å². The average Bonchev–Trinajstić information content (AvgIpc) is 3.21. The number of nitrogens with zero attached hydrogens (tertiary/aromatic N) is 5. The van der Waals surface area contributed by atoms with Crippen molar-refractivity contribution in [2.24, 2.45) is 7.05 Å². The number of likely N-dealkylation sites (tertiary alicyclic amines) is 1. The van der Waals surface area contributed by atoms with E-state index in [9.17, 15) is 9.90 Å². The molecule has 24 heavy (non-hydrogen) atoms. The number of aryl methyl sites for hydroxylation is 1. The summed E-state index contributed by atoms with van der Waals surface area (Å²) >= 11 is 1.44. The zero-order chi connectivity index (χ0) is 16.8. The number of aromatic nitrogens is 4. The van der Waals surface area contributed by atoms with Gasteiger partial charge in [-0.05, 0) is 31.2 Å². The summed E-state index contributed by atoms with van der Waals surface area (Å²) in [5, 5.41) is 20.2. The highest BCUT2D eigenvalue weighted by molar-refractivity contribution is 7.17. The van der Waals surface area contributed by atoms with Crippen LogP contribution < -0.4 is 5.56 Å². The minimum Gasteiger partial charge on any atom is -0.395 e. The Hall–Kier alpha value is -1.77. The number of aliphatic hydroxyl groups is 1. The van der Waals surface area contributed by atoms with Gasteiger partial charge in [0.1, 0.15) is 4.70 Å². The van der Waals surface area contributed by atoms with E-state index >= 15 is 0 Å². The number of rotatable bonds is 3. The molecule has 0 saturated carbocycles. The molecule has 0 aliphatic carbocycles. The SMILES string of the molecule is CC1CCCC(CO)N1Cc1nnc2n(C)c(=O)c3sccc3n12. The summed E-state index contributed by atoms with van der Waals surface area (Å²) in [5.41, 5.74) is 0.828. The molecule has 1 aliphatic heterocycles. The molecule has 0 spiro atoms. The second-order valence-corrected chi connectivity index (χ2v) is 7.46. The lowest BCUT2D eigenvalue weighted by Gasteiger charge is -2.39. The molecule has 4 rings (SSSR count). The van der Waals surface area contributed by atoms with Crippen molar-refractivity contribution in [3.8, 4) is 0 Å². The van der Waals surface area contributed by atoms with Gasteiger partial charge in [-0.25, -0.2) is 0 Å². The van der Waals surface area contributed by atoms with E-state index < -0.39 is 0 Å². The van der Waals surface area contributed by atoms with Crippen molar-refractivity contribution in [3.05, 3.63) is 27.6 Å². The van der Waals surface area contributed by atoms with E-state index in [0.29, 0.717) is 18.4 Å². The van der Waals surface area contributed by atoms with Crippen molar-refractivity contribution in [2.45, 2.75) is 44.8 Å². The van der Waals surface area contributed by atoms with Gasteiger partial charge in [0.15, 0.2) is 5.82 Å². The summed E-state index contributed by atoms with van der Waals surface area (Å²) in [7, 11) is 1.73. The molecular formula is C16H21N5O2S. The molecule has 3 aromatic rings. The molecule has 8 heteroatoms. The predicted molar refractivity (Wildman–Crippen MR) is 93.3 cm³/mol. The summed E-state index contributed by atoms with van der Waals surface area (Å²) in [6, 6.07) is 2.50. The van der Waals surface area contributed by atoms with Crippen molar-refractivity contribution < 1.29 is 5.11 Å². The maximum absolute atomic E-state index is 12.4. The average molecular weight is 347 g/mol. The minimum atomic E-state index is -0.0361. The molecule has 3 aromatic heterocycles. The highest BCUT2D eigenvalue weighted by Crippen LogP contribution is 2.26. The lowest BCUT2D eigenvalue weighted by molar-refractivity contribution is 0.0429. The van der Waals surface area contributed by atoms with Gasteiger partial charge in [0.2, 0.25) is 5.78 Å². The maximum atomic E-state index is 12.4. The van der Waals surface area contributed by atoms with Gasteiger partial charge < -0.3 is 5.11 Å². The van der Waals surface area contributed by atoms with Crippen molar-refractivity contribution in [3.63, 3.8) is 0 Å². The Bertz CT molecular complexity index is 943. The van der Waals surface area contributed by atoms with Gasteiger partial charge in [0, 0.05) is 19.1 Å². The topological polar surface area (TPSA) is 75.7 Å². The van der Waals surface area contributed by atoms with Crippen LogP contribution in [-0.2, 0) is 13.6 Å². The summed E-state index contributed by atoms with van der Waals surface area (Å²) in [5.74, 6) is 1.38. The van der Waals surface area contributed by atoms with Crippen molar-refractivity contribution in [2.75, 3.05) is 6.61 Å². The molecular weight excluding hydrogens is 326 g/mol. The second kappa shape index (κ2) is 5.94. The molecule has 0 radical (unpaired) electrons. The van der Waals surface area contributed by atoms with Crippen LogP contribution in [0.5, 0.6) is 0 Å². The molecule has 0 aromatic carbocycles. The minimum absolute atomic E-state index is 0.0361. The number of aliphatic hydroxyl groups excluding tert-OH is 1. The van der Waals surface area contributed by atoms with Gasteiger partial charge in [0.25, 0.3) is 5.56 Å². The zero-order valence-corrected chi connectivity index (χ0v) is 14.7. The van der Waals surface area contributed by atoms with E-state index in [1.807, 2.05) is 15.8 Å². The van der Waals surface area contributed by atoms with Crippen LogP contribution in [0.25, 0.3) is 16.0 Å². The Morgan fingerprint density at radius 2 is 2.21 bits per heavy atom. The van der Waals surface area contributed by atoms with E-state index in [1.165, 1.54) is 11.3 Å². The first kappa shape index (κ1) is 15.7. The molecule has 128 valence electrons. The second-order valence-electron chi connectivity index (χ2n) is 6.54. The fourth-order valence-electron chi connectivity index (χ4n) is 3.74. The maximum Gasteiger partial charge on any atom is 0.272 e. The third kappa shape index (κ3) is 2.28. The Balaban J connectivity index is 1.84. The van der Waals surface area contributed by atoms with E-state index in [4.69, 9.17) is 0 Å². The molecule has 0 bridgehead atoms. The normalized spacial score (nSPS) is 22.6. The molecule has 2 atom stereocenters. The third-order valence-corrected chi connectivity index (χ3v) is 6.02. The fourth-order valence-corrected chi connectivity index (χ4v) is 4.59. The molecule has 7 nitrogen and oxygen atoms in total. The highest BCUT2D eigenvalue weighted by atomic mass is 32.1. The Morgan fingerprint density at radius 1 is 1.38 bits per heavy atom. The molecule has 1 fully saturated rings. The molecule has 4 heterocycles. The first-order chi connectivity index (χ1) is 11.6. The molecule has 1 aliphatic rings. The first-order valence-electron chi connectivity index (χ1n) is 8.28. The summed E-state index contributed by atoms with van der Waals surface area (Å²) in [6.45, 7) is 2.98. The Labute approximate surface area is 143 Å². The molecule has 2 unspecified atom stereocenters. The van der Waals surface area contributed by atoms with Gasteiger partial charge in [-0.1, -0.05) is 6.42 Å². The van der Waals surface area contributed by atoms with Crippen molar-refractivity contribution in [1.29, 1.82) is 0 Å². The number of hydrogen-bond donors (Lipinski definition) is 1. The standard InChI is InChI=1S/C16H21N5O2S/c1-10-4-3-5-11(9-22)20(10)8-13-17-18-16-19(2)15(23)14-12(21(13)16)6-7-24-14/h6-7,10-11,22H,3-5,8-9H2,1-2H3. The first-order valence-corrected chi connectivity index (χ1v) is 9.16. The van der Waals surface area contributed by atoms with Crippen LogP contribution in [0.4, 0.5) is 0 Å². The van der Waals surface area contributed by atoms with E-state index in [2.05, 4.69) is 22.0 Å². The van der Waals surface area contributed by atoms with Gasteiger partial charge in [0.05, 0.1) is 18.7 Å². The van der Waals surface area contributed by atoms with Crippen LogP contribution in [0.3, 0.4) is 0 Å². The largest absolute Gasteiger partial charge is 0.395 e. The number of thiophene rings is 1. The Kier molecular flexibility index (Phi) is 3.90. The van der Waals surface area contributed by atoms with Crippen LogP contribution in [0.2, 0.25) is 0 Å². The summed E-state index contributed by atoms with van der Waals surface area (Å²) in [6.07, 6.45) is 3.27. The predicted octanol–water partition coefficient (Wildman–Crippen LogP) is 1.38.